The second-order valence-electron chi connectivity index (χ2n) is 2.42. The Balaban J connectivity index is 3.18. The van der Waals surface area contributed by atoms with Crippen LogP contribution in [-0.4, -0.2) is 13.3 Å². The van der Waals surface area contributed by atoms with E-state index in [-0.39, 0.29) is 0 Å². The van der Waals surface area contributed by atoms with Gasteiger partial charge in [-0.1, -0.05) is 12.7 Å². The van der Waals surface area contributed by atoms with Gasteiger partial charge in [0.15, 0.2) is 0 Å². The first kappa shape index (κ1) is 8.53. The second kappa shape index (κ2) is 3.72. The third-order valence-electron chi connectivity index (χ3n) is 1.70. The van der Waals surface area contributed by atoms with E-state index < -0.39 is 0 Å². The molecule has 0 fully saturated rings. The molecule has 0 bridgehead atoms. The van der Waals surface area contributed by atoms with Crippen LogP contribution in [0.1, 0.15) is 15.9 Å². The largest absolute Gasteiger partial charge is 0.388 e. The van der Waals surface area contributed by atoms with Gasteiger partial charge in [-0.15, -0.1) is 0 Å². The first-order valence-corrected chi connectivity index (χ1v) is 3.71. The number of benzene rings is 1. The van der Waals surface area contributed by atoms with Crippen molar-refractivity contribution in [1.82, 2.24) is 0 Å². The van der Waals surface area contributed by atoms with Crippen LogP contribution in [0.15, 0.2) is 24.8 Å². The third-order valence-corrected chi connectivity index (χ3v) is 1.70. The Kier molecular flexibility index (Phi) is 2.64. The maximum atomic E-state index is 10.4. The minimum Gasteiger partial charge on any atom is -0.388 e. The lowest BCUT2D eigenvalue weighted by atomic mass is 10.1. The van der Waals surface area contributed by atoms with Crippen molar-refractivity contribution in [2.24, 2.45) is 0 Å². The standard InChI is InChI=1S/C10H11NO/c1-3-9-6-8(7-12)4-5-10(9)11-2/h3-7,11H,1H2,2H3. The van der Waals surface area contributed by atoms with Crippen molar-refractivity contribution in [3.8, 4) is 0 Å². The van der Waals surface area contributed by atoms with Crippen molar-refractivity contribution in [1.29, 1.82) is 0 Å². The molecule has 0 radical (unpaired) electrons. The SMILES string of the molecule is C=Cc1cc(C=O)ccc1NC. The zero-order valence-corrected chi connectivity index (χ0v) is 7.00. The van der Waals surface area contributed by atoms with E-state index in [0.717, 1.165) is 17.5 Å². The van der Waals surface area contributed by atoms with Crippen LogP contribution in [0.2, 0.25) is 0 Å². The maximum absolute atomic E-state index is 10.4. The zero-order valence-electron chi connectivity index (χ0n) is 7.00. The zero-order chi connectivity index (χ0) is 8.97. The lowest BCUT2D eigenvalue weighted by Crippen LogP contribution is -1.92. The summed E-state index contributed by atoms with van der Waals surface area (Å²) in [5.41, 5.74) is 2.60. The molecule has 62 valence electrons. The molecular weight excluding hydrogens is 150 g/mol. The minimum absolute atomic E-state index is 0.670. The van der Waals surface area contributed by atoms with Gasteiger partial charge in [0.2, 0.25) is 0 Å². The van der Waals surface area contributed by atoms with Gasteiger partial charge in [0, 0.05) is 18.3 Å². The monoisotopic (exact) mass is 161 g/mol. The number of carbonyl (C=O) groups excluding carboxylic acids is 1. The van der Waals surface area contributed by atoms with Gasteiger partial charge in [-0.3, -0.25) is 4.79 Å². The van der Waals surface area contributed by atoms with Gasteiger partial charge in [-0.2, -0.15) is 0 Å². The van der Waals surface area contributed by atoms with Crippen molar-refractivity contribution in [2.75, 3.05) is 12.4 Å². The van der Waals surface area contributed by atoms with E-state index in [1.807, 2.05) is 13.1 Å². The lowest BCUT2D eigenvalue weighted by molar-refractivity contribution is 0.112. The van der Waals surface area contributed by atoms with Crippen LogP contribution in [0.5, 0.6) is 0 Å². The topological polar surface area (TPSA) is 29.1 Å². The number of anilines is 1. The fourth-order valence-electron chi connectivity index (χ4n) is 1.05. The average Bonchev–Trinajstić information content (AvgIpc) is 2.16. The summed E-state index contributed by atoms with van der Waals surface area (Å²) in [6, 6.07) is 5.43. The highest BCUT2D eigenvalue weighted by Crippen LogP contribution is 2.16. The molecule has 0 saturated carbocycles. The molecule has 0 aliphatic rings. The van der Waals surface area contributed by atoms with Gasteiger partial charge in [-0.05, 0) is 23.8 Å². The fourth-order valence-corrected chi connectivity index (χ4v) is 1.05. The quantitative estimate of drug-likeness (QED) is 0.688. The molecule has 1 rings (SSSR count). The van der Waals surface area contributed by atoms with Crippen molar-refractivity contribution < 1.29 is 4.79 Å². The van der Waals surface area contributed by atoms with Crippen molar-refractivity contribution in [3.63, 3.8) is 0 Å². The van der Waals surface area contributed by atoms with Gasteiger partial charge >= 0.3 is 0 Å². The molecule has 1 N–H and O–H groups in total. The summed E-state index contributed by atoms with van der Waals surface area (Å²) in [5.74, 6) is 0. The van der Waals surface area contributed by atoms with Crippen LogP contribution in [-0.2, 0) is 0 Å². The Morgan fingerprint density at radius 1 is 1.50 bits per heavy atom. The third kappa shape index (κ3) is 1.53. The normalized spacial score (nSPS) is 9.08. The number of hydrogen-bond donors (Lipinski definition) is 1. The van der Waals surface area contributed by atoms with Crippen LogP contribution in [0.25, 0.3) is 6.08 Å². The van der Waals surface area contributed by atoms with Gasteiger partial charge < -0.3 is 5.32 Å². The van der Waals surface area contributed by atoms with Gasteiger partial charge in [0.05, 0.1) is 0 Å². The first-order chi connectivity index (χ1) is 5.81. The van der Waals surface area contributed by atoms with E-state index in [0.29, 0.717) is 5.56 Å². The summed E-state index contributed by atoms with van der Waals surface area (Å²) in [4.78, 5) is 10.4. The highest BCUT2D eigenvalue weighted by Gasteiger charge is 1.97. The molecule has 1 aromatic rings. The van der Waals surface area contributed by atoms with Crippen molar-refractivity contribution in [3.05, 3.63) is 35.9 Å². The molecule has 2 heteroatoms. The predicted molar refractivity (Wildman–Crippen MR) is 51.5 cm³/mol. The van der Waals surface area contributed by atoms with Crippen LogP contribution in [0.4, 0.5) is 5.69 Å². The first-order valence-electron chi connectivity index (χ1n) is 3.71. The molecule has 0 saturated heterocycles. The van der Waals surface area contributed by atoms with Crippen LogP contribution in [0, 0.1) is 0 Å². The Labute approximate surface area is 71.9 Å². The molecule has 0 aliphatic heterocycles. The Bertz CT molecular complexity index is 305. The van der Waals surface area contributed by atoms with E-state index in [1.54, 1.807) is 18.2 Å². The van der Waals surface area contributed by atoms with Crippen LogP contribution >= 0.6 is 0 Å². The van der Waals surface area contributed by atoms with E-state index in [2.05, 4.69) is 11.9 Å². The fraction of sp³-hybridized carbons (Fsp3) is 0.100. The molecule has 0 aliphatic carbocycles. The average molecular weight is 161 g/mol. The minimum atomic E-state index is 0.670. The molecule has 0 atom stereocenters. The summed E-state index contributed by atoms with van der Waals surface area (Å²) in [5, 5.41) is 3.01. The number of hydrogen-bond acceptors (Lipinski definition) is 2. The number of carbonyl (C=O) groups is 1. The Morgan fingerprint density at radius 3 is 2.75 bits per heavy atom. The van der Waals surface area contributed by atoms with Crippen LogP contribution < -0.4 is 5.32 Å². The molecule has 1 aromatic carbocycles. The van der Waals surface area contributed by atoms with E-state index in [1.165, 1.54) is 0 Å². The predicted octanol–water partition coefficient (Wildman–Crippen LogP) is 2.18. The molecule has 0 spiro atoms. The molecule has 0 aromatic heterocycles. The van der Waals surface area contributed by atoms with Gasteiger partial charge in [0.1, 0.15) is 6.29 Å². The molecule has 2 nitrogen and oxygen atoms in total. The summed E-state index contributed by atoms with van der Waals surface area (Å²) in [6.45, 7) is 3.66. The Hall–Kier alpha value is -1.57. The summed E-state index contributed by atoms with van der Waals surface area (Å²) >= 11 is 0. The Morgan fingerprint density at radius 2 is 2.25 bits per heavy atom. The number of nitrogens with one attached hydrogen (secondary N) is 1. The van der Waals surface area contributed by atoms with E-state index in [9.17, 15) is 4.79 Å². The maximum Gasteiger partial charge on any atom is 0.150 e. The molecular formula is C10H11NO. The molecule has 0 heterocycles. The number of rotatable bonds is 3. The van der Waals surface area contributed by atoms with Crippen molar-refractivity contribution >= 4 is 18.0 Å². The van der Waals surface area contributed by atoms with Gasteiger partial charge in [0.25, 0.3) is 0 Å². The highest BCUT2D eigenvalue weighted by atomic mass is 16.1. The second-order valence-corrected chi connectivity index (χ2v) is 2.42. The highest BCUT2D eigenvalue weighted by molar-refractivity contribution is 5.79. The molecule has 12 heavy (non-hydrogen) atoms. The summed E-state index contributed by atoms with van der Waals surface area (Å²) < 4.78 is 0. The molecule has 0 unspecified atom stereocenters. The van der Waals surface area contributed by atoms with E-state index >= 15 is 0 Å². The lowest BCUT2D eigenvalue weighted by Gasteiger charge is -2.04. The summed E-state index contributed by atoms with van der Waals surface area (Å²) in [7, 11) is 1.84. The smallest absolute Gasteiger partial charge is 0.150 e. The van der Waals surface area contributed by atoms with Crippen LogP contribution in [0.3, 0.4) is 0 Å². The van der Waals surface area contributed by atoms with E-state index in [4.69, 9.17) is 0 Å². The van der Waals surface area contributed by atoms with Gasteiger partial charge in [-0.25, -0.2) is 0 Å². The van der Waals surface area contributed by atoms with Crippen molar-refractivity contribution in [2.45, 2.75) is 0 Å². The number of aldehydes is 1. The summed E-state index contributed by atoms with van der Waals surface area (Å²) in [6.07, 6.45) is 2.55. The molecule has 0 amide bonds.